The van der Waals surface area contributed by atoms with Gasteiger partial charge >= 0.3 is 11.9 Å². The zero-order chi connectivity index (χ0) is 31.4. The Kier molecular flexibility index (Phi) is 25.3. The van der Waals surface area contributed by atoms with E-state index < -0.39 is 17.3 Å². The molecule has 0 aromatic carbocycles. The lowest BCUT2D eigenvalue weighted by atomic mass is 9.67. The van der Waals surface area contributed by atoms with E-state index in [-0.39, 0.29) is 12.1 Å². The fourth-order valence-electron chi connectivity index (χ4n) is 7.12. The van der Waals surface area contributed by atoms with Gasteiger partial charge in [-0.25, -0.2) is 0 Å². The second-order valence-corrected chi connectivity index (χ2v) is 14.3. The summed E-state index contributed by atoms with van der Waals surface area (Å²) in [5.41, 5.74) is -0.880. The molecule has 1 saturated carbocycles. The number of unbranched alkanes of at least 4 members (excludes halogenated alkanes) is 23. The van der Waals surface area contributed by atoms with Gasteiger partial charge in [-0.3, -0.25) is 9.59 Å². The van der Waals surface area contributed by atoms with Gasteiger partial charge in [0.2, 0.25) is 0 Å². The Morgan fingerprint density at radius 2 is 0.953 bits per heavy atom. The van der Waals surface area contributed by atoms with Crippen molar-refractivity contribution in [3.05, 3.63) is 0 Å². The van der Waals surface area contributed by atoms with Gasteiger partial charge in [0.15, 0.2) is 0 Å². The third kappa shape index (κ3) is 19.8. The molecule has 0 bridgehead atoms. The van der Waals surface area contributed by atoms with Gasteiger partial charge in [0.1, 0.15) is 6.10 Å². The third-order valence-electron chi connectivity index (χ3n) is 10.3. The van der Waals surface area contributed by atoms with E-state index in [1.807, 2.05) is 6.92 Å². The molecule has 43 heavy (non-hydrogen) atoms. The molecule has 0 aromatic heterocycles. The molecule has 1 N–H and O–H groups in total. The molecule has 0 amide bonds. The topological polar surface area (TPSA) is 63.6 Å². The van der Waals surface area contributed by atoms with Crippen molar-refractivity contribution in [2.75, 3.05) is 0 Å². The number of aliphatic carboxylic acids is 1. The number of hydrogen-bond donors (Lipinski definition) is 1. The minimum absolute atomic E-state index is 0.0586. The number of carboxylic acids is 1. The summed E-state index contributed by atoms with van der Waals surface area (Å²) >= 11 is 0. The van der Waals surface area contributed by atoms with Crippen LogP contribution in [0.1, 0.15) is 220 Å². The molecule has 1 aliphatic carbocycles. The standard InChI is InChI=1S/C39H74O4/c1-4-6-8-10-12-14-16-17-18-19-20-22-24-26-28-32-35(31-27-25-23-21-15-13-11-9-7-5-2)43-38(42)39(3)34-30-29-33-36(39)37(40)41/h35-36H,4-34H2,1-3H3,(H,40,41). The van der Waals surface area contributed by atoms with Crippen molar-refractivity contribution in [1.29, 1.82) is 0 Å². The molecule has 3 atom stereocenters. The van der Waals surface area contributed by atoms with Crippen LogP contribution in [0, 0.1) is 11.3 Å². The summed E-state index contributed by atoms with van der Waals surface area (Å²) in [7, 11) is 0. The molecule has 0 aliphatic heterocycles. The van der Waals surface area contributed by atoms with Crippen LogP contribution in [-0.4, -0.2) is 23.1 Å². The van der Waals surface area contributed by atoms with Crippen molar-refractivity contribution in [2.45, 2.75) is 226 Å². The van der Waals surface area contributed by atoms with Crippen LogP contribution in [0.5, 0.6) is 0 Å². The number of carboxylic acid groups (broad SMARTS) is 1. The molecule has 1 fully saturated rings. The number of ether oxygens (including phenoxy) is 1. The Hall–Kier alpha value is -1.06. The molecule has 0 aromatic rings. The first-order valence-corrected chi connectivity index (χ1v) is 19.4. The van der Waals surface area contributed by atoms with Crippen molar-refractivity contribution in [3.63, 3.8) is 0 Å². The second kappa shape index (κ2) is 27.3. The smallest absolute Gasteiger partial charge is 0.312 e. The fraction of sp³-hybridized carbons (Fsp3) is 0.949. The van der Waals surface area contributed by atoms with Gasteiger partial charge < -0.3 is 9.84 Å². The number of hydrogen-bond acceptors (Lipinski definition) is 3. The molecule has 0 heterocycles. The van der Waals surface area contributed by atoms with Crippen molar-refractivity contribution < 1.29 is 19.4 Å². The highest BCUT2D eigenvalue weighted by Gasteiger charge is 2.48. The van der Waals surface area contributed by atoms with Gasteiger partial charge in [0.05, 0.1) is 11.3 Å². The minimum Gasteiger partial charge on any atom is -0.481 e. The predicted octanol–water partition coefficient (Wildman–Crippen LogP) is 12.8. The van der Waals surface area contributed by atoms with Gasteiger partial charge in [0, 0.05) is 0 Å². The zero-order valence-electron chi connectivity index (χ0n) is 29.2. The van der Waals surface area contributed by atoms with Crippen LogP contribution in [0.2, 0.25) is 0 Å². The van der Waals surface area contributed by atoms with Gasteiger partial charge in [0.25, 0.3) is 0 Å². The van der Waals surface area contributed by atoms with Crippen LogP contribution in [-0.2, 0) is 14.3 Å². The van der Waals surface area contributed by atoms with E-state index in [1.54, 1.807) is 0 Å². The van der Waals surface area contributed by atoms with Crippen molar-refractivity contribution in [1.82, 2.24) is 0 Å². The monoisotopic (exact) mass is 607 g/mol. The largest absolute Gasteiger partial charge is 0.481 e. The van der Waals surface area contributed by atoms with Crippen molar-refractivity contribution in [3.8, 4) is 0 Å². The summed E-state index contributed by atoms with van der Waals surface area (Å²) in [6.45, 7) is 6.40. The Balaban J connectivity index is 2.31. The predicted molar refractivity (Wildman–Crippen MR) is 184 cm³/mol. The summed E-state index contributed by atoms with van der Waals surface area (Å²) in [5.74, 6) is -1.71. The molecule has 0 radical (unpaired) electrons. The van der Waals surface area contributed by atoms with Crippen LogP contribution in [0.4, 0.5) is 0 Å². The average molecular weight is 607 g/mol. The Morgan fingerprint density at radius 1 is 0.605 bits per heavy atom. The highest BCUT2D eigenvalue weighted by atomic mass is 16.5. The van der Waals surface area contributed by atoms with E-state index in [0.29, 0.717) is 12.8 Å². The SMILES string of the molecule is CCCCCCCCCCCCCCCCCC(CCCCCCCCCCCC)OC(=O)C1(C)CCCCC1C(=O)O. The van der Waals surface area contributed by atoms with Gasteiger partial charge in [-0.2, -0.15) is 0 Å². The fourth-order valence-corrected chi connectivity index (χ4v) is 7.12. The Bertz CT molecular complexity index is 662. The molecule has 254 valence electrons. The summed E-state index contributed by atoms with van der Waals surface area (Å²) in [6, 6.07) is 0. The summed E-state index contributed by atoms with van der Waals surface area (Å²) in [6.07, 6.45) is 38.1. The second-order valence-electron chi connectivity index (χ2n) is 14.3. The first-order valence-electron chi connectivity index (χ1n) is 19.4. The molecule has 4 nitrogen and oxygen atoms in total. The quantitative estimate of drug-likeness (QED) is 0.0652. The molecular formula is C39H74O4. The molecule has 4 heteroatoms. The number of rotatable bonds is 30. The normalized spacial score (nSPS) is 19.4. The number of carbonyl (C=O) groups is 2. The maximum atomic E-state index is 13.4. The van der Waals surface area contributed by atoms with Crippen LogP contribution < -0.4 is 0 Å². The highest BCUT2D eigenvalue weighted by Crippen LogP contribution is 2.42. The maximum Gasteiger partial charge on any atom is 0.312 e. The first-order chi connectivity index (χ1) is 21.0. The number of esters is 1. The van der Waals surface area contributed by atoms with E-state index in [1.165, 1.54) is 148 Å². The van der Waals surface area contributed by atoms with E-state index in [4.69, 9.17) is 4.74 Å². The van der Waals surface area contributed by atoms with Crippen LogP contribution >= 0.6 is 0 Å². The van der Waals surface area contributed by atoms with Crippen molar-refractivity contribution in [2.24, 2.45) is 11.3 Å². The van der Waals surface area contributed by atoms with E-state index in [0.717, 1.165) is 38.5 Å². The molecule has 0 saturated heterocycles. The molecular weight excluding hydrogens is 532 g/mol. The van der Waals surface area contributed by atoms with E-state index in [2.05, 4.69) is 13.8 Å². The third-order valence-corrected chi connectivity index (χ3v) is 10.3. The van der Waals surface area contributed by atoms with Crippen LogP contribution in [0.3, 0.4) is 0 Å². The zero-order valence-corrected chi connectivity index (χ0v) is 29.2. The van der Waals surface area contributed by atoms with Gasteiger partial charge in [-0.1, -0.05) is 174 Å². The molecule has 0 spiro atoms. The number of carbonyl (C=O) groups excluding carboxylic acids is 1. The average Bonchev–Trinajstić information content (AvgIpc) is 2.99. The van der Waals surface area contributed by atoms with Crippen molar-refractivity contribution >= 4 is 11.9 Å². The lowest BCUT2D eigenvalue weighted by molar-refractivity contribution is -0.174. The molecule has 1 rings (SSSR count). The Morgan fingerprint density at radius 3 is 1.30 bits per heavy atom. The summed E-state index contributed by atoms with van der Waals surface area (Å²) < 4.78 is 6.17. The Labute approximate surface area is 268 Å². The van der Waals surface area contributed by atoms with E-state index >= 15 is 0 Å². The lowest BCUT2D eigenvalue weighted by Crippen LogP contribution is -2.44. The summed E-state index contributed by atoms with van der Waals surface area (Å²) in [4.78, 5) is 25.4. The molecule has 3 unspecified atom stereocenters. The van der Waals surface area contributed by atoms with E-state index in [9.17, 15) is 14.7 Å². The van der Waals surface area contributed by atoms with Gasteiger partial charge in [-0.05, 0) is 45.4 Å². The summed E-state index contributed by atoms with van der Waals surface area (Å²) in [5, 5.41) is 9.81. The highest BCUT2D eigenvalue weighted by molar-refractivity contribution is 5.84. The van der Waals surface area contributed by atoms with Crippen LogP contribution in [0.25, 0.3) is 0 Å². The first kappa shape index (κ1) is 40.0. The minimum atomic E-state index is -0.880. The maximum absolute atomic E-state index is 13.4. The van der Waals surface area contributed by atoms with Crippen LogP contribution in [0.15, 0.2) is 0 Å². The molecule has 1 aliphatic rings. The lowest BCUT2D eigenvalue weighted by Gasteiger charge is -2.37. The van der Waals surface area contributed by atoms with Gasteiger partial charge in [-0.15, -0.1) is 0 Å².